The molecule has 2 heteroatoms. The molecule has 1 unspecified atom stereocenters. The standard InChI is InChI=1S/C14H15NS/c1-10-4-2-3-5-12(10)13-14-11(6-8-15-13)7-9-16-14/h2-5,7,9,13,15H,6,8H2,1H3. The lowest BCUT2D eigenvalue weighted by molar-refractivity contribution is 0.576. The summed E-state index contributed by atoms with van der Waals surface area (Å²) in [6.07, 6.45) is 1.17. The summed E-state index contributed by atoms with van der Waals surface area (Å²) in [5.74, 6) is 0. The Kier molecular flexibility index (Phi) is 2.54. The van der Waals surface area contributed by atoms with Crippen LogP contribution in [0.5, 0.6) is 0 Å². The molecule has 1 aromatic heterocycles. The minimum absolute atomic E-state index is 0.407. The van der Waals surface area contributed by atoms with Crippen LogP contribution in [0.4, 0.5) is 0 Å². The van der Waals surface area contributed by atoms with Gasteiger partial charge >= 0.3 is 0 Å². The first-order chi connectivity index (χ1) is 7.86. The highest BCUT2D eigenvalue weighted by Gasteiger charge is 2.23. The molecule has 2 heterocycles. The molecule has 0 saturated carbocycles. The summed E-state index contributed by atoms with van der Waals surface area (Å²) in [7, 11) is 0. The highest BCUT2D eigenvalue weighted by molar-refractivity contribution is 7.10. The Bertz CT molecular complexity index is 501. The number of fused-ring (bicyclic) bond motifs is 1. The smallest absolute Gasteiger partial charge is 0.0676 e. The average molecular weight is 229 g/mol. The molecule has 3 rings (SSSR count). The van der Waals surface area contributed by atoms with Crippen molar-refractivity contribution < 1.29 is 0 Å². The Morgan fingerprint density at radius 3 is 3.00 bits per heavy atom. The van der Waals surface area contributed by atoms with E-state index >= 15 is 0 Å². The minimum Gasteiger partial charge on any atom is -0.305 e. The van der Waals surface area contributed by atoms with E-state index < -0.39 is 0 Å². The van der Waals surface area contributed by atoms with Gasteiger partial charge in [-0.3, -0.25) is 0 Å². The van der Waals surface area contributed by atoms with Crippen molar-refractivity contribution in [2.75, 3.05) is 6.54 Å². The van der Waals surface area contributed by atoms with E-state index in [2.05, 4.69) is 48.0 Å². The van der Waals surface area contributed by atoms with Crippen LogP contribution in [0.3, 0.4) is 0 Å². The van der Waals surface area contributed by atoms with Gasteiger partial charge in [0.05, 0.1) is 6.04 Å². The zero-order valence-electron chi connectivity index (χ0n) is 9.36. The lowest BCUT2D eigenvalue weighted by Crippen LogP contribution is -2.29. The lowest BCUT2D eigenvalue weighted by atomic mass is 9.94. The molecule has 0 aliphatic carbocycles. The summed E-state index contributed by atoms with van der Waals surface area (Å²) in [5.41, 5.74) is 4.32. The molecule has 0 spiro atoms. The SMILES string of the molecule is Cc1ccccc1C1NCCc2ccsc21. The molecule has 2 aromatic rings. The molecule has 0 radical (unpaired) electrons. The van der Waals surface area contributed by atoms with Gasteiger partial charge in [-0.2, -0.15) is 0 Å². The van der Waals surface area contributed by atoms with Crippen molar-refractivity contribution in [1.29, 1.82) is 0 Å². The number of thiophene rings is 1. The number of rotatable bonds is 1. The summed E-state index contributed by atoms with van der Waals surface area (Å²) in [6.45, 7) is 3.28. The zero-order valence-corrected chi connectivity index (χ0v) is 10.2. The predicted octanol–water partition coefficient (Wildman–Crippen LogP) is 3.29. The fourth-order valence-corrected chi connectivity index (χ4v) is 3.46. The van der Waals surface area contributed by atoms with Crippen molar-refractivity contribution in [3.05, 3.63) is 57.3 Å². The number of hydrogen-bond donors (Lipinski definition) is 1. The second-order valence-corrected chi connectivity index (χ2v) is 5.25. The maximum Gasteiger partial charge on any atom is 0.0676 e. The van der Waals surface area contributed by atoms with E-state index in [0.29, 0.717) is 6.04 Å². The first kappa shape index (κ1) is 10.1. The van der Waals surface area contributed by atoms with Crippen molar-refractivity contribution in [3.8, 4) is 0 Å². The minimum atomic E-state index is 0.407. The Morgan fingerprint density at radius 2 is 2.12 bits per heavy atom. The van der Waals surface area contributed by atoms with Crippen LogP contribution >= 0.6 is 11.3 Å². The van der Waals surface area contributed by atoms with Crippen molar-refractivity contribution >= 4 is 11.3 Å². The van der Waals surface area contributed by atoms with Crippen LogP contribution in [0.2, 0.25) is 0 Å². The third kappa shape index (κ3) is 1.58. The molecule has 1 aliphatic heterocycles. The summed E-state index contributed by atoms with van der Waals surface area (Å²) in [5, 5.41) is 5.84. The summed E-state index contributed by atoms with van der Waals surface area (Å²) in [4.78, 5) is 1.50. The van der Waals surface area contributed by atoms with Crippen LogP contribution in [0.1, 0.15) is 27.6 Å². The second-order valence-electron chi connectivity index (χ2n) is 4.30. The number of hydrogen-bond acceptors (Lipinski definition) is 2. The quantitative estimate of drug-likeness (QED) is 0.791. The molecule has 1 nitrogen and oxygen atoms in total. The summed E-state index contributed by atoms with van der Waals surface area (Å²) in [6, 6.07) is 11.3. The topological polar surface area (TPSA) is 12.0 Å². The van der Waals surface area contributed by atoms with Crippen LogP contribution in [-0.2, 0) is 6.42 Å². The van der Waals surface area contributed by atoms with E-state index in [1.54, 1.807) is 0 Å². The van der Waals surface area contributed by atoms with E-state index in [4.69, 9.17) is 0 Å². The van der Waals surface area contributed by atoms with Gasteiger partial charge in [0.2, 0.25) is 0 Å². The van der Waals surface area contributed by atoms with Crippen LogP contribution in [0, 0.1) is 6.92 Å². The molecule has 1 N–H and O–H groups in total. The molecular weight excluding hydrogens is 214 g/mol. The molecule has 82 valence electrons. The van der Waals surface area contributed by atoms with E-state index in [9.17, 15) is 0 Å². The van der Waals surface area contributed by atoms with Gasteiger partial charge < -0.3 is 5.32 Å². The highest BCUT2D eigenvalue weighted by atomic mass is 32.1. The lowest BCUT2D eigenvalue weighted by Gasteiger charge is -2.25. The van der Waals surface area contributed by atoms with Crippen molar-refractivity contribution in [2.45, 2.75) is 19.4 Å². The van der Waals surface area contributed by atoms with Crippen LogP contribution in [-0.4, -0.2) is 6.54 Å². The normalized spacial score (nSPS) is 19.4. The van der Waals surface area contributed by atoms with Gasteiger partial charge in [-0.1, -0.05) is 24.3 Å². The third-order valence-electron chi connectivity index (χ3n) is 3.29. The number of benzene rings is 1. The van der Waals surface area contributed by atoms with Crippen molar-refractivity contribution in [2.24, 2.45) is 0 Å². The van der Waals surface area contributed by atoms with Crippen molar-refractivity contribution in [1.82, 2.24) is 5.32 Å². The third-order valence-corrected chi connectivity index (χ3v) is 4.31. The van der Waals surface area contributed by atoms with Crippen LogP contribution in [0.15, 0.2) is 35.7 Å². The molecule has 0 amide bonds. The Balaban J connectivity index is 2.08. The monoisotopic (exact) mass is 229 g/mol. The van der Waals surface area contributed by atoms with E-state index in [0.717, 1.165) is 6.54 Å². The average Bonchev–Trinajstić information content (AvgIpc) is 2.77. The number of aryl methyl sites for hydroxylation is 1. The van der Waals surface area contributed by atoms with E-state index in [1.807, 2.05) is 11.3 Å². The Morgan fingerprint density at radius 1 is 1.25 bits per heavy atom. The maximum atomic E-state index is 3.63. The van der Waals surface area contributed by atoms with Gasteiger partial charge in [-0.15, -0.1) is 11.3 Å². The summed E-state index contributed by atoms with van der Waals surface area (Å²) >= 11 is 1.87. The Hall–Kier alpha value is -1.12. The fourth-order valence-electron chi connectivity index (χ4n) is 2.41. The van der Waals surface area contributed by atoms with Crippen LogP contribution in [0.25, 0.3) is 0 Å². The molecular formula is C14H15NS. The molecule has 0 fully saturated rings. The predicted molar refractivity (Wildman–Crippen MR) is 69.0 cm³/mol. The first-order valence-electron chi connectivity index (χ1n) is 5.71. The van der Waals surface area contributed by atoms with Gasteiger partial charge in [-0.05, 0) is 41.5 Å². The molecule has 1 atom stereocenters. The van der Waals surface area contributed by atoms with E-state index in [-0.39, 0.29) is 0 Å². The molecule has 1 aromatic carbocycles. The zero-order chi connectivity index (χ0) is 11.0. The van der Waals surface area contributed by atoms with Crippen LogP contribution < -0.4 is 5.32 Å². The number of nitrogens with one attached hydrogen (secondary N) is 1. The van der Waals surface area contributed by atoms with Gasteiger partial charge in [0.25, 0.3) is 0 Å². The Labute approximate surface area is 100 Å². The van der Waals surface area contributed by atoms with Gasteiger partial charge in [0.1, 0.15) is 0 Å². The van der Waals surface area contributed by atoms with Crippen molar-refractivity contribution in [3.63, 3.8) is 0 Å². The van der Waals surface area contributed by atoms with Gasteiger partial charge in [0.15, 0.2) is 0 Å². The highest BCUT2D eigenvalue weighted by Crippen LogP contribution is 2.33. The van der Waals surface area contributed by atoms with E-state index in [1.165, 1.54) is 28.0 Å². The summed E-state index contributed by atoms with van der Waals surface area (Å²) < 4.78 is 0. The first-order valence-corrected chi connectivity index (χ1v) is 6.59. The largest absolute Gasteiger partial charge is 0.305 e. The molecule has 16 heavy (non-hydrogen) atoms. The maximum absolute atomic E-state index is 3.63. The molecule has 1 aliphatic rings. The second kappa shape index (κ2) is 4.04. The molecule has 0 saturated heterocycles. The van der Waals surface area contributed by atoms with Gasteiger partial charge in [-0.25, -0.2) is 0 Å². The molecule has 0 bridgehead atoms. The fraction of sp³-hybridized carbons (Fsp3) is 0.286. The van der Waals surface area contributed by atoms with Gasteiger partial charge in [0, 0.05) is 11.4 Å².